The molecule has 0 radical (unpaired) electrons. The van der Waals surface area contributed by atoms with Crippen molar-refractivity contribution in [1.29, 1.82) is 0 Å². The molecule has 1 N–H and O–H groups in total. The van der Waals surface area contributed by atoms with E-state index < -0.39 is 0 Å². The number of ether oxygens (including phenoxy) is 1. The molecule has 1 saturated heterocycles. The van der Waals surface area contributed by atoms with Crippen molar-refractivity contribution in [1.82, 2.24) is 15.2 Å². The van der Waals surface area contributed by atoms with Crippen molar-refractivity contribution in [3.8, 4) is 5.75 Å². The van der Waals surface area contributed by atoms with Gasteiger partial charge in [0.05, 0.1) is 19.2 Å². The molecule has 2 aromatic rings. The predicted octanol–water partition coefficient (Wildman–Crippen LogP) is 2.66. The fourth-order valence-electron chi connectivity index (χ4n) is 3.32. The van der Waals surface area contributed by atoms with Crippen molar-refractivity contribution in [3.63, 3.8) is 0 Å². The monoisotopic (exact) mass is 353 g/mol. The Morgan fingerprint density at radius 1 is 1.19 bits per heavy atom. The van der Waals surface area contributed by atoms with Gasteiger partial charge in [-0.1, -0.05) is 18.2 Å². The van der Waals surface area contributed by atoms with Gasteiger partial charge in [0.15, 0.2) is 0 Å². The molecule has 26 heavy (non-hydrogen) atoms. The zero-order valence-corrected chi connectivity index (χ0v) is 15.4. The number of nitrogens with zero attached hydrogens (tertiary/aromatic N) is 2. The fraction of sp³-hybridized carbons (Fsp3) is 0.429. The van der Waals surface area contributed by atoms with Crippen LogP contribution < -0.4 is 10.1 Å². The zero-order chi connectivity index (χ0) is 18.2. The Morgan fingerprint density at radius 2 is 1.96 bits per heavy atom. The number of aromatic nitrogens is 1. The normalized spacial score (nSPS) is 15.6. The highest BCUT2D eigenvalue weighted by Gasteiger charge is 2.20. The molecule has 138 valence electrons. The molecule has 0 spiro atoms. The minimum atomic E-state index is 0.0890. The number of pyridine rings is 1. The maximum atomic E-state index is 12.2. The first-order chi connectivity index (χ1) is 12.7. The second-order valence-corrected chi connectivity index (χ2v) is 6.87. The summed E-state index contributed by atoms with van der Waals surface area (Å²) in [5.74, 6) is 1.47. The molecule has 2 heterocycles. The van der Waals surface area contributed by atoms with E-state index in [0.717, 1.165) is 56.0 Å². The summed E-state index contributed by atoms with van der Waals surface area (Å²) in [5.41, 5.74) is 2.13. The van der Waals surface area contributed by atoms with Crippen LogP contribution in [0.5, 0.6) is 5.75 Å². The number of piperidine rings is 1. The van der Waals surface area contributed by atoms with Crippen LogP contribution in [0, 0.1) is 5.92 Å². The molecule has 0 bridgehead atoms. The summed E-state index contributed by atoms with van der Waals surface area (Å²) in [6, 6.07) is 13.7. The summed E-state index contributed by atoms with van der Waals surface area (Å²) < 4.78 is 5.14. The predicted molar refractivity (Wildman–Crippen MR) is 102 cm³/mol. The summed E-state index contributed by atoms with van der Waals surface area (Å²) in [6.07, 6.45) is 4.51. The number of rotatable bonds is 7. The van der Waals surface area contributed by atoms with Crippen LogP contribution >= 0.6 is 0 Å². The fourth-order valence-corrected chi connectivity index (χ4v) is 3.32. The molecule has 0 saturated carbocycles. The third-order valence-electron chi connectivity index (χ3n) is 4.93. The number of carbonyl (C=O) groups excluding carboxylic acids is 1. The van der Waals surface area contributed by atoms with Gasteiger partial charge < -0.3 is 10.1 Å². The first-order valence-electron chi connectivity index (χ1n) is 9.25. The van der Waals surface area contributed by atoms with Crippen LogP contribution in [0.3, 0.4) is 0 Å². The first-order valence-corrected chi connectivity index (χ1v) is 9.25. The summed E-state index contributed by atoms with van der Waals surface area (Å²) in [7, 11) is 1.64. The van der Waals surface area contributed by atoms with Gasteiger partial charge in [-0.3, -0.25) is 14.7 Å². The van der Waals surface area contributed by atoms with Gasteiger partial charge in [-0.2, -0.15) is 0 Å². The molecule has 1 aromatic heterocycles. The second-order valence-electron chi connectivity index (χ2n) is 6.87. The quantitative estimate of drug-likeness (QED) is 0.831. The van der Waals surface area contributed by atoms with E-state index in [1.165, 1.54) is 0 Å². The number of amides is 1. The van der Waals surface area contributed by atoms with Crippen LogP contribution in [0.2, 0.25) is 0 Å². The SMILES string of the molecule is COc1ccc(CC(=O)NCC2CCN(Cc3ccccn3)CC2)cc1. The topological polar surface area (TPSA) is 54.5 Å². The Labute approximate surface area is 155 Å². The Bertz CT molecular complexity index is 680. The smallest absolute Gasteiger partial charge is 0.224 e. The summed E-state index contributed by atoms with van der Waals surface area (Å²) >= 11 is 0. The molecule has 1 amide bonds. The lowest BCUT2D eigenvalue weighted by atomic mass is 9.96. The number of hydrogen-bond donors (Lipinski definition) is 1. The molecule has 5 nitrogen and oxygen atoms in total. The number of nitrogens with one attached hydrogen (secondary N) is 1. The number of hydrogen-bond acceptors (Lipinski definition) is 4. The van der Waals surface area contributed by atoms with E-state index in [1.807, 2.05) is 42.6 Å². The van der Waals surface area contributed by atoms with E-state index in [0.29, 0.717) is 12.3 Å². The van der Waals surface area contributed by atoms with Crippen molar-refractivity contribution in [3.05, 3.63) is 59.9 Å². The standard InChI is InChI=1S/C21H27N3O2/c1-26-20-7-5-17(6-8-20)14-21(25)23-15-18-9-12-24(13-10-18)16-19-4-2-3-11-22-19/h2-8,11,18H,9-10,12-16H2,1H3,(H,23,25). The molecule has 1 aliphatic heterocycles. The van der Waals surface area contributed by atoms with Gasteiger partial charge in [-0.15, -0.1) is 0 Å². The molecule has 3 rings (SSSR count). The Morgan fingerprint density at radius 3 is 2.62 bits per heavy atom. The average Bonchev–Trinajstić information content (AvgIpc) is 2.69. The van der Waals surface area contributed by atoms with Crippen LogP contribution in [0.1, 0.15) is 24.1 Å². The molecule has 1 aromatic carbocycles. The Hall–Kier alpha value is -2.40. The highest BCUT2D eigenvalue weighted by Crippen LogP contribution is 2.18. The van der Waals surface area contributed by atoms with Crippen molar-refractivity contribution in [2.24, 2.45) is 5.92 Å². The third-order valence-corrected chi connectivity index (χ3v) is 4.93. The second kappa shape index (κ2) is 9.34. The lowest BCUT2D eigenvalue weighted by Gasteiger charge is -2.31. The van der Waals surface area contributed by atoms with Crippen molar-refractivity contribution in [2.75, 3.05) is 26.7 Å². The van der Waals surface area contributed by atoms with E-state index >= 15 is 0 Å². The van der Waals surface area contributed by atoms with Gasteiger partial charge in [0, 0.05) is 19.3 Å². The van der Waals surface area contributed by atoms with Crippen molar-refractivity contribution < 1.29 is 9.53 Å². The van der Waals surface area contributed by atoms with E-state index in [2.05, 4.69) is 21.3 Å². The van der Waals surface area contributed by atoms with Crippen LogP contribution in [0.15, 0.2) is 48.7 Å². The van der Waals surface area contributed by atoms with E-state index in [-0.39, 0.29) is 5.91 Å². The lowest BCUT2D eigenvalue weighted by molar-refractivity contribution is -0.120. The molecular weight excluding hydrogens is 326 g/mol. The molecule has 0 aliphatic carbocycles. The summed E-state index contributed by atoms with van der Waals surface area (Å²) in [4.78, 5) is 19.0. The third kappa shape index (κ3) is 5.56. The van der Waals surface area contributed by atoms with Gasteiger partial charge in [0.1, 0.15) is 5.75 Å². The molecule has 0 unspecified atom stereocenters. The van der Waals surface area contributed by atoms with Crippen LogP contribution in [-0.2, 0) is 17.8 Å². The van der Waals surface area contributed by atoms with Gasteiger partial charge in [0.2, 0.25) is 5.91 Å². The lowest BCUT2D eigenvalue weighted by Crippen LogP contribution is -2.38. The zero-order valence-electron chi connectivity index (χ0n) is 15.4. The van der Waals surface area contributed by atoms with E-state index in [9.17, 15) is 4.79 Å². The maximum absolute atomic E-state index is 12.2. The number of benzene rings is 1. The number of likely N-dealkylation sites (tertiary alicyclic amines) is 1. The Kier molecular flexibility index (Phi) is 6.61. The highest BCUT2D eigenvalue weighted by atomic mass is 16.5. The van der Waals surface area contributed by atoms with Gasteiger partial charge in [0.25, 0.3) is 0 Å². The van der Waals surface area contributed by atoms with E-state index in [1.54, 1.807) is 7.11 Å². The average molecular weight is 353 g/mol. The largest absolute Gasteiger partial charge is 0.497 e. The summed E-state index contributed by atoms with van der Waals surface area (Å²) in [5, 5.41) is 3.09. The van der Waals surface area contributed by atoms with Gasteiger partial charge in [-0.05, 0) is 61.7 Å². The molecule has 0 atom stereocenters. The van der Waals surface area contributed by atoms with Crippen molar-refractivity contribution in [2.45, 2.75) is 25.8 Å². The number of carbonyl (C=O) groups is 1. The maximum Gasteiger partial charge on any atom is 0.224 e. The molecular formula is C21H27N3O2. The van der Waals surface area contributed by atoms with Gasteiger partial charge in [-0.25, -0.2) is 0 Å². The van der Waals surface area contributed by atoms with Crippen LogP contribution in [-0.4, -0.2) is 42.5 Å². The van der Waals surface area contributed by atoms with E-state index in [4.69, 9.17) is 4.74 Å². The first kappa shape index (κ1) is 18.4. The molecule has 1 fully saturated rings. The minimum Gasteiger partial charge on any atom is -0.497 e. The molecule has 1 aliphatic rings. The van der Waals surface area contributed by atoms with Gasteiger partial charge >= 0.3 is 0 Å². The van der Waals surface area contributed by atoms with Crippen LogP contribution in [0.25, 0.3) is 0 Å². The van der Waals surface area contributed by atoms with Crippen molar-refractivity contribution >= 4 is 5.91 Å². The minimum absolute atomic E-state index is 0.0890. The van der Waals surface area contributed by atoms with Crippen LogP contribution in [0.4, 0.5) is 0 Å². The Balaban J connectivity index is 1.35. The number of methoxy groups -OCH3 is 1. The summed E-state index contributed by atoms with van der Waals surface area (Å²) in [6.45, 7) is 3.81. The molecule has 5 heteroatoms. The highest BCUT2D eigenvalue weighted by molar-refractivity contribution is 5.78.